The van der Waals surface area contributed by atoms with E-state index in [-0.39, 0.29) is 5.56 Å². The van der Waals surface area contributed by atoms with Gasteiger partial charge in [0.1, 0.15) is 0 Å². The highest BCUT2D eigenvalue weighted by Gasteiger charge is 2.30. The van der Waals surface area contributed by atoms with Crippen LogP contribution in [0, 0.1) is 6.92 Å². The Bertz CT molecular complexity index is 901. The van der Waals surface area contributed by atoms with Gasteiger partial charge in [-0.05, 0) is 37.3 Å². The minimum atomic E-state index is -4.48. The molecule has 0 fully saturated rings. The minimum absolute atomic E-state index is 0.0472. The Labute approximate surface area is 146 Å². The number of hydrogen-bond acceptors (Lipinski definition) is 3. The van der Waals surface area contributed by atoms with Crippen molar-refractivity contribution in [3.8, 4) is 11.3 Å². The molecule has 0 aliphatic carbocycles. The molecule has 3 nitrogen and oxygen atoms in total. The van der Waals surface area contributed by atoms with E-state index in [1.165, 1.54) is 12.1 Å². The Hall–Kier alpha value is -2.67. The molecule has 0 aliphatic rings. The van der Waals surface area contributed by atoms with Crippen molar-refractivity contribution < 1.29 is 18.0 Å². The van der Waals surface area contributed by atoms with Crippen molar-refractivity contribution in [1.29, 1.82) is 0 Å². The summed E-state index contributed by atoms with van der Waals surface area (Å²) in [4.78, 5) is 16.5. The summed E-state index contributed by atoms with van der Waals surface area (Å²) in [6.45, 7) is 1.91. The number of aromatic nitrogens is 1. The zero-order chi connectivity index (χ0) is 18.0. The van der Waals surface area contributed by atoms with Crippen LogP contribution in [-0.2, 0) is 6.18 Å². The molecule has 1 aromatic heterocycles. The first-order chi connectivity index (χ1) is 11.8. The number of thiazole rings is 1. The van der Waals surface area contributed by atoms with E-state index in [1.54, 1.807) is 35.6 Å². The van der Waals surface area contributed by atoms with Crippen LogP contribution in [0.3, 0.4) is 0 Å². The zero-order valence-electron chi connectivity index (χ0n) is 13.1. The molecule has 0 atom stereocenters. The van der Waals surface area contributed by atoms with Crippen molar-refractivity contribution in [2.24, 2.45) is 0 Å². The van der Waals surface area contributed by atoms with Crippen LogP contribution in [-0.4, -0.2) is 10.9 Å². The lowest BCUT2D eigenvalue weighted by Gasteiger charge is -2.09. The third-order valence-corrected chi connectivity index (χ3v) is 4.28. The summed E-state index contributed by atoms with van der Waals surface area (Å²) in [5.41, 5.74) is 1.35. The van der Waals surface area contributed by atoms with Crippen LogP contribution in [0.25, 0.3) is 11.3 Å². The lowest BCUT2D eigenvalue weighted by Crippen LogP contribution is -2.13. The molecular formula is C18H13F3N2OS. The first kappa shape index (κ1) is 17.2. The third-order valence-electron chi connectivity index (χ3n) is 3.51. The topological polar surface area (TPSA) is 42.0 Å². The summed E-state index contributed by atoms with van der Waals surface area (Å²) in [6, 6.07) is 11.3. The van der Waals surface area contributed by atoms with E-state index in [9.17, 15) is 18.0 Å². The lowest BCUT2D eigenvalue weighted by atomic mass is 10.1. The van der Waals surface area contributed by atoms with Crippen molar-refractivity contribution in [2.75, 3.05) is 5.32 Å². The molecule has 0 spiro atoms. The number of anilines is 1. The summed E-state index contributed by atoms with van der Waals surface area (Å²) < 4.78 is 38.2. The SMILES string of the molecule is Cc1nc(-c2ccc(NC(=O)c3cccc(C(F)(F)F)c3)cc2)cs1. The monoisotopic (exact) mass is 362 g/mol. The van der Waals surface area contributed by atoms with Crippen LogP contribution in [0.1, 0.15) is 20.9 Å². The fourth-order valence-electron chi connectivity index (χ4n) is 2.26. The largest absolute Gasteiger partial charge is 0.416 e. The molecule has 128 valence electrons. The van der Waals surface area contributed by atoms with Gasteiger partial charge in [0, 0.05) is 22.2 Å². The van der Waals surface area contributed by atoms with Gasteiger partial charge >= 0.3 is 6.18 Å². The van der Waals surface area contributed by atoms with Crippen molar-refractivity contribution in [3.05, 3.63) is 70.0 Å². The maximum atomic E-state index is 12.7. The second-order valence-corrected chi connectivity index (χ2v) is 6.42. The summed E-state index contributed by atoms with van der Waals surface area (Å²) in [5, 5.41) is 5.49. The molecule has 0 unspecified atom stereocenters. The number of aryl methyl sites for hydroxylation is 1. The number of carbonyl (C=O) groups is 1. The molecule has 1 amide bonds. The molecule has 3 aromatic rings. The Morgan fingerprint density at radius 3 is 2.44 bits per heavy atom. The highest BCUT2D eigenvalue weighted by atomic mass is 32.1. The normalized spacial score (nSPS) is 11.4. The zero-order valence-corrected chi connectivity index (χ0v) is 13.9. The van der Waals surface area contributed by atoms with Crippen LogP contribution < -0.4 is 5.32 Å². The second-order valence-electron chi connectivity index (χ2n) is 5.36. The Kier molecular flexibility index (Phi) is 4.59. The highest BCUT2D eigenvalue weighted by Crippen LogP contribution is 2.30. The van der Waals surface area contributed by atoms with E-state index in [0.29, 0.717) is 5.69 Å². The number of hydrogen-bond donors (Lipinski definition) is 1. The molecule has 0 aliphatic heterocycles. The molecule has 1 N–H and O–H groups in total. The number of carbonyl (C=O) groups excluding carboxylic acids is 1. The Morgan fingerprint density at radius 2 is 1.84 bits per heavy atom. The molecule has 7 heteroatoms. The van der Waals surface area contributed by atoms with E-state index in [2.05, 4.69) is 10.3 Å². The van der Waals surface area contributed by atoms with Gasteiger partial charge in [0.2, 0.25) is 0 Å². The average molecular weight is 362 g/mol. The van der Waals surface area contributed by atoms with Crippen LogP contribution in [0.2, 0.25) is 0 Å². The Balaban J connectivity index is 1.75. The predicted molar refractivity (Wildman–Crippen MR) is 91.7 cm³/mol. The molecule has 0 bridgehead atoms. The van der Waals surface area contributed by atoms with Gasteiger partial charge < -0.3 is 5.32 Å². The fraction of sp³-hybridized carbons (Fsp3) is 0.111. The van der Waals surface area contributed by atoms with E-state index in [4.69, 9.17) is 0 Å². The fourth-order valence-corrected chi connectivity index (χ4v) is 2.88. The summed E-state index contributed by atoms with van der Waals surface area (Å²) in [5.74, 6) is -0.594. The number of amides is 1. The van der Waals surface area contributed by atoms with Crippen LogP contribution in [0.5, 0.6) is 0 Å². The smallest absolute Gasteiger partial charge is 0.322 e. The van der Waals surface area contributed by atoms with Gasteiger partial charge in [-0.15, -0.1) is 11.3 Å². The number of rotatable bonds is 3. The summed E-state index contributed by atoms with van der Waals surface area (Å²) in [7, 11) is 0. The molecule has 0 radical (unpaired) electrons. The average Bonchev–Trinajstić information content (AvgIpc) is 3.01. The summed E-state index contributed by atoms with van der Waals surface area (Å²) >= 11 is 1.54. The van der Waals surface area contributed by atoms with Gasteiger partial charge in [-0.1, -0.05) is 18.2 Å². The van der Waals surface area contributed by atoms with Crippen molar-refractivity contribution in [2.45, 2.75) is 13.1 Å². The number of alkyl halides is 3. The molecular weight excluding hydrogens is 349 g/mol. The van der Waals surface area contributed by atoms with Gasteiger partial charge in [-0.25, -0.2) is 4.98 Å². The number of nitrogens with zero attached hydrogens (tertiary/aromatic N) is 1. The molecule has 2 aromatic carbocycles. The predicted octanol–water partition coefficient (Wildman–Crippen LogP) is 5.39. The first-order valence-electron chi connectivity index (χ1n) is 7.34. The maximum absolute atomic E-state index is 12.7. The van der Waals surface area contributed by atoms with E-state index in [1.807, 2.05) is 12.3 Å². The van der Waals surface area contributed by atoms with Crippen molar-refractivity contribution in [1.82, 2.24) is 4.98 Å². The maximum Gasteiger partial charge on any atom is 0.416 e. The van der Waals surface area contributed by atoms with Gasteiger partial charge in [-0.2, -0.15) is 13.2 Å². The lowest BCUT2D eigenvalue weighted by molar-refractivity contribution is -0.137. The van der Waals surface area contributed by atoms with E-state index >= 15 is 0 Å². The number of nitrogens with one attached hydrogen (secondary N) is 1. The summed E-state index contributed by atoms with van der Waals surface area (Å²) in [6.07, 6.45) is -4.48. The first-order valence-corrected chi connectivity index (χ1v) is 8.22. The van der Waals surface area contributed by atoms with Crippen molar-refractivity contribution >= 4 is 22.9 Å². The third kappa shape index (κ3) is 4.06. The molecule has 3 rings (SSSR count). The standard InChI is InChI=1S/C18H13F3N2OS/c1-11-22-16(10-25-11)12-5-7-15(8-6-12)23-17(24)13-3-2-4-14(9-13)18(19,20)21/h2-10H,1H3,(H,23,24). The van der Waals surface area contributed by atoms with Crippen LogP contribution in [0.4, 0.5) is 18.9 Å². The minimum Gasteiger partial charge on any atom is -0.322 e. The molecule has 25 heavy (non-hydrogen) atoms. The number of benzene rings is 2. The van der Waals surface area contributed by atoms with Crippen LogP contribution in [0.15, 0.2) is 53.9 Å². The van der Waals surface area contributed by atoms with Gasteiger partial charge in [-0.3, -0.25) is 4.79 Å². The Morgan fingerprint density at radius 1 is 1.12 bits per heavy atom. The van der Waals surface area contributed by atoms with Crippen molar-refractivity contribution in [3.63, 3.8) is 0 Å². The van der Waals surface area contributed by atoms with Gasteiger partial charge in [0.25, 0.3) is 5.91 Å². The molecule has 0 saturated heterocycles. The second kappa shape index (κ2) is 6.68. The van der Waals surface area contributed by atoms with E-state index in [0.717, 1.165) is 28.4 Å². The molecule has 0 saturated carbocycles. The number of halogens is 3. The quantitative estimate of drug-likeness (QED) is 0.679. The van der Waals surface area contributed by atoms with Gasteiger partial charge in [0.15, 0.2) is 0 Å². The van der Waals surface area contributed by atoms with E-state index < -0.39 is 17.6 Å². The van der Waals surface area contributed by atoms with Crippen LogP contribution >= 0.6 is 11.3 Å². The molecule has 1 heterocycles. The highest BCUT2D eigenvalue weighted by molar-refractivity contribution is 7.09. The van der Waals surface area contributed by atoms with Gasteiger partial charge in [0.05, 0.1) is 16.3 Å².